The number of ether oxygens (including phenoxy) is 2. The van der Waals surface area contributed by atoms with Crippen LogP contribution in [-0.2, 0) is 20.3 Å². The molecule has 0 heterocycles. The molecular formula is C24H22O4S. The molecule has 0 N–H and O–H groups in total. The molecule has 1 atom stereocenters. The number of carbonyl (C=O) groups excluding carboxylic acids is 1. The van der Waals surface area contributed by atoms with E-state index in [1.54, 1.807) is 13.2 Å². The molecule has 0 radical (unpaired) electrons. The highest BCUT2D eigenvalue weighted by atomic mass is 32.2. The fraction of sp³-hybridized carbons (Fsp3) is 0.125. The van der Waals surface area contributed by atoms with E-state index in [0.717, 1.165) is 22.3 Å². The molecule has 3 aromatic rings. The van der Waals surface area contributed by atoms with Crippen molar-refractivity contribution in [3.63, 3.8) is 0 Å². The summed E-state index contributed by atoms with van der Waals surface area (Å²) in [6.45, 7) is 1.99. The average Bonchev–Trinajstić information content (AvgIpc) is 2.77. The van der Waals surface area contributed by atoms with Gasteiger partial charge in [0.15, 0.2) is 0 Å². The van der Waals surface area contributed by atoms with Gasteiger partial charge in [-0.2, -0.15) is 0 Å². The number of esters is 1. The third-order valence-corrected chi connectivity index (χ3v) is 5.91. The lowest BCUT2D eigenvalue weighted by Gasteiger charge is -2.16. The fourth-order valence-electron chi connectivity index (χ4n) is 2.99. The second kappa shape index (κ2) is 9.34. The Morgan fingerprint density at radius 1 is 0.931 bits per heavy atom. The van der Waals surface area contributed by atoms with Crippen molar-refractivity contribution >= 4 is 22.8 Å². The smallest absolute Gasteiger partial charge is 0.330 e. The molecule has 4 nitrogen and oxygen atoms in total. The van der Waals surface area contributed by atoms with Crippen molar-refractivity contribution in [2.75, 3.05) is 14.2 Å². The summed E-state index contributed by atoms with van der Waals surface area (Å²) in [6.07, 6.45) is 3.05. The average molecular weight is 407 g/mol. The van der Waals surface area contributed by atoms with Crippen molar-refractivity contribution in [1.29, 1.82) is 0 Å². The zero-order chi connectivity index (χ0) is 20.8. The summed E-state index contributed by atoms with van der Waals surface area (Å²) in [7, 11) is 1.53. The van der Waals surface area contributed by atoms with Crippen LogP contribution in [0.15, 0.2) is 82.6 Å². The molecule has 0 fully saturated rings. The Morgan fingerprint density at radius 2 is 1.66 bits per heavy atom. The minimum Gasteiger partial charge on any atom is -0.496 e. The van der Waals surface area contributed by atoms with E-state index in [2.05, 4.69) is 0 Å². The monoisotopic (exact) mass is 406 g/mol. The highest BCUT2D eigenvalue weighted by Crippen LogP contribution is 2.39. The van der Waals surface area contributed by atoms with E-state index < -0.39 is 16.8 Å². The zero-order valence-corrected chi connectivity index (χ0v) is 17.4. The highest BCUT2D eigenvalue weighted by Gasteiger charge is 2.19. The molecule has 0 spiro atoms. The fourth-order valence-corrected chi connectivity index (χ4v) is 4.22. The van der Waals surface area contributed by atoms with E-state index in [0.29, 0.717) is 15.5 Å². The van der Waals surface area contributed by atoms with E-state index in [4.69, 9.17) is 9.47 Å². The van der Waals surface area contributed by atoms with Crippen LogP contribution in [-0.4, -0.2) is 24.4 Å². The van der Waals surface area contributed by atoms with E-state index in [1.807, 2.05) is 73.7 Å². The largest absolute Gasteiger partial charge is 0.496 e. The summed E-state index contributed by atoms with van der Waals surface area (Å²) in [5.74, 6) is 0.171. The number of methoxy groups -OCH3 is 2. The molecule has 29 heavy (non-hydrogen) atoms. The summed E-state index contributed by atoms with van der Waals surface area (Å²) in [4.78, 5) is 12.9. The third kappa shape index (κ3) is 4.63. The summed E-state index contributed by atoms with van der Waals surface area (Å²) in [6, 6.07) is 20.7. The lowest BCUT2D eigenvalue weighted by atomic mass is 9.98. The number of carbonyl (C=O) groups is 1. The van der Waals surface area contributed by atoms with Gasteiger partial charge in [0, 0.05) is 16.5 Å². The Labute approximate surface area is 173 Å². The topological polar surface area (TPSA) is 52.6 Å². The van der Waals surface area contributed by atoms with Crippen LogP contribution in [0.5, 0.6) is 5.75 Å². The van der Waals surface area contributed by atoms with Crippen LogP contribution in [0.4, 0.5) is 0 Å². The molecule has 3 aromatic carbocycles. The molecule has 5 heteroatoms. The van der Waals surface area contributed by atoms with Crippen LogP contribution in [0.2, 0.25) is 0 Å². The van der Waals surface area contributed by atoms with E-state index in [-0.39, 0.29) is 0 Å². The second-order valence-electron chi connectivity index (χ2n) is 6.36. The molecular weight excluding hydrogens is 384 g/mol. The second-order valence-corrected chi connectivity index (χ2v) is 7.81. The molecule has 0 aliphatic heterocycles. The molecule has 0 amide bonds. The van der Waals surface area contributed by atoms with Gasteiger partial charge in [-0.3, -0.25) is 0 Å². The SMILES string of the molecule is COC(=O)/C=C/c1ccccc1-c1c(OC)cccc1[S@@](=O)c1ccc(C)cc1. The van der Waals surface area contributed by atoms with Gasteiger partial charge in [-0.05, 0) is 48.4 Å². The van der Waals surface area contributed by atoms with Gasteiger partial charge in [0.25, 0.3) is 0 Å². The van der Waals surface area contributed by atoms with Crippen LogP contribution in [0, 0.1) is 6.92 Å². The van der Waals surface area contributed by atoms with Crippen molar-refractivity contribution in [3.05, 3.63) is 83.9 Å². The van der Waals surface area contributed by atoms with Gasteiger partial charge in [0.05, 0.1) is 29.9 Å². The zero-order valence-electron chi connectivity index (χ0n) is 16.5. The number of benzene rings is 3. The van der Waals surface area contributed by atoms with Crippen LogP contribution in [0.3, 0.4) is 0 Å². The van der Waals surface area contributed by atoms with E-state index in [9.17, 15) is 9.00 Å². The summed E-state index contributed by atoms with van der Waals surface area (Å²) >= 11 is 0. The molecule has 148 valence electrons. The van der Waals surface area contributed by atoms with Crippen molar-refractivity contribution in [1.82, 2.24) is 0 Å². The molecule has 0 aliphatic carbocycles. The van der Waals surface area contributed by atoms with Gasteiger partial charge < -0.3 is 9.47 Å². The van der Waals surface area contributed by atoms with Crippen molar-refractivity contribution in [3.8, 4) is 16.9 Å². The van der Waals surface area contributed by atoms with Crippen molar-refractivity contribution in [2.24, 2.45) is 0 Å². The number of rotatable bonds is 6. The maximum absolute atomic E-state index is 13.4. The first-order chi connectivity index (χ1) is 14.0. The highest BCUT2D eigenvalue weighted by molar-refractivity contribution is 7.85. The number of hydrogen-bond acceptors (Lipinski definition) is 4. The molecule has 0 unspecified atom stereocenters. The van der Waals surface area contributed by atoms with E-state index >= 15 is 0 Å². The Kier molecular flexibility index (Phi) is 6.62. The normalized spacial score (nSPS) is 12.0. The van der Waals surface area contributed by atoms with Crippen molar-refractivity contribution < 1.29 is 18.5 Å². The summed E-state index contributed by atoms with van der Waals surface area (Å²) in [5.41, 5.74) is 3.46. The van der Waals surface area contributed by atoms with Gasteiger partial charge in [-0.25, -0.2) is 9.00 Å². The molecule has 0 saturated carbocycles. The predicted octanol–water partition coefficient (Wildman–Crippen LogP) is 5.02. The molecule has 0 aliphatic rings. The lowest BCUT2D eigenvalue weighted by Crippen LogP contribution is -2.00. The van der Waals surface area contributed by atoms with Gasteiger partial charge in [-0.1, -0.05) is 48.0 Å². The molecule has 0 bridgehead atoms. The first-order valence-corrected chi connectivity index (χ1v) is 10.2. The quantitative estimate of drug-likeness (QED) is 0.426. The maximum atomic E-state index is 13.4. The Bertz CT molecular complexity index is 1070. The number of hydrogen-bond donors (Lipinski definition) is 0. The third-order valence-electron chi connectivity index (χ3n) is 4.47. The summed E-state index contributed by atoms with van der Waals surface area (Å²) < 4.78 is 23.7. The van der Waals surface area contributed by atoms with Crippen LogP contribution in [0.25, 0.3) is 17.2 Å². The Hall–Kier alpha value is -3.18. The van der Waals surface area contributed by atoms with Crippen LogP contribution >= 0.6 is 0 Å². The molecule has 0 aromatic heterocycles. The van der Waals surface area contributed by atoms with Crippen LogP contribution < -0.4 is 4.74 Å². The maximum Gasteiger partial charge on any atom is 0.330 e. The standard InChI is InChI=1S/C24H22O4S/c1-17-11-14-19(15-12-17)29(26)22-10-6-9-21(27-2)24(22)20-8-5-4-7-18(20)13-16-23(25)28-3/h4-16H,1-3H3/b16-13+/t29-/m0/s1. The minimum absolute atomic E-state index is 0.441. The van der Waals surface area contributed by atoms with Crippen molar-refractivity contribution in [2.45, 2.75) is 16.7 Å². The number of aryl methyl sites for hydroxylation is 1. The van der Waals surface area contributed by atoms with Gasteiger partial charge in [-0.15, -0.1) is 0 Å². The first kappa shape index (κ1) is 20.6. The molecule has 0 saturated heterocycles. The summed E-state index contributed by atoms with van der Waals surface area (Å²) in [5, 5.41) is 0. The Morgan fingerprint density at radius 3 is 2.34 bits per heavy atom. The van der Waals surface area contributed by atoms with Gasteiger partial charge in [0.1, 0.15) is 5.75 Å². The molecule has 3 rings (SSSR count). The minimum atomic E-state index is -1.40. The van der Waals surface area contributed by atoms with Crippen LogP contribution in [0.1, 0.15) is 11.1 Å². The lowest BCUT2D eigenvalue weighted by molar-refractivity contribution is -0.134. The van der Waals surface area contributed by atoms with Gasteiger partial charge >= 0.3 is 5.97 Å². The predicted molar refractivity (Wildman–Crippen MR) is 115 cm³/mol. The van der Waals surface area contributed by atoms with Gasteiger partial charge in [0.2, 0.25) is 0 Å². The first-order valence-electron chi connectivity index (χ1n) is 9.06. The Balaban J connectivity index is 2.18. The van der Waals surface area contributed by atoms with E-state index in [1.165, 1.54) is 13.2 Å².